The molecular weight excluding hydrogens is 457 g/mol. The molecule has 0 fully saturated rings. The molecule has 2 heterocycles. The number of carboxylic acid groups (broad SMARTS) is 2. The van der Waals surface area contributed by atoms with Gasteiger partial charge in [-0.3, -0.25) is 4.99 Å². The number of aromatic nitrogens is 1. The number of carboxylic acids is 2. The van der Waals surface area contributed by atoms with Crippen LogP contribution in [0.5, 0.6) is 5.75 Å². The number of benzene rings is 1. The monoisotopic (exact) mass is 474 g/mol. The number of fused-ring (bicyclic) bond motifs is 1. The average Bonchev–Trinajstić information content (AvgIpc) is 3.12. The fraction of sp³-hybridized carbons (Fsp3) is 0.211. The number of aliphatic imine (C=N–C) groups is 1. The van der Waals surface area contributed by atoms with Gasteiger partial charge in [0, 0.05) is 24.4 Å². The van der Waals surface area contributed by atoms with Gasteiger partial charge in [-0.25, -0.2) is 9.59 Å². The third-order valence-electron chi connectivity index (χ3n) is 4.03. The molecule has 1 aliphatic heterocycles. The normalized spacial score (nSPS) is 13.6. The summed E-state index contributed by atoms with van der Waals surface area (Å²) in [6.45, 7) is 3.27. The van der Waals surface area contributed by atoms with E-state index in [1.807, 2.05) is 19.1 Å². The summed E-state index contributed by atoms with van der Waals surface area (Å²) in [5, 5.41) is 15.6. The van der Waals surface area contributed by atoms with Crippen molar-refractivity contribution in [2.24, 2.45) is 4.99 Å². The zero-order chi connectivity index (χ0) is 24.1. The summed E-state index contributed by atoms with van der Waals surface area (Å²) in [4.78, 5) is 23.5. The molecule has 0 radical (unpaired) electrons. The van der Waals surface area contributed by atoms with E-state index in [0.717, 1.165) is 22.7 Å². The van der Waals surface area contributed by atoms with Crippen molar-refractivity contribution in [3.8, 4) is 17.0 Å². The molecule has 172 valence electrons. The zero-order valence-corrected chi connectivity index (χ0v) is 17.2. The Morgan fingerprint density at radius 2 is 1.56 bits per heavy atom. The van der Waals surface area contributed by atoms with E-state index in [0.29, 0.717) is 25.2 Å². The molecule has 0 amide bonds. The minimum absolute atomic E-state index is 0.390. The van der Waals surface area contributed by atoms with Crippen LogP contribution in [-0.4, -0.2) is 52.9 Å². The first-order valence-electron chi connectivity index (χ1n) is 8.78. The lowest BCUT2D eigenvalue weighted by Gasteiger charge is -2.17. The van der Waals surface area contributed by atoms with Crippen LogP contribution in [0.15, 0.2) is 53.5 Å². The maximum absolute atomic E-state index is 12.3. The van der Waals surface area contributed by atoms with Crippen molar-refractivity contribution >= 4 is 27.8 Å². The van der Waals surface area contributed by atoms with E-state index in [4.69, 9.17) is 10.2 Å². The molecule has 1 aliphatic rings. The molecule has 2 aromatic rings. The molecule has 0 aliphatic carbocycles. The fourth-order valence-corrected chi connectivity index (χ4v) is 3.13. The molecule has 0 saturated carbocycles. The lowest BCUT2D eigenvalue weighted by Crippen LogP contribution is -2.28. The Kier molecular flexibility index (Phi) is 7.46. The Morgan fingerprint density at radius 3 is 2.06 bits per heavy atom. The number of nitrogens with zero attached hydrogens (tertiary/aromatic N) is 2. The lowest BCUT2D eigenvalue weighted by atomic mass is 10.1. The summed E-state index contributed by atoms with van der Waals surface area (Å²) in [7, 11) is -5.66. The number of hydrogen-bond acceptors (Lipinski definition) is 6. The maximum atomic E-state index is 12.3. The summed E-state index contributed by atoms with van der Waals surface area (Å²) in [6, 6.07) is 9.24. The highest BCUT2D eigenvalue weighted by atomic mass is 32.2. The second-order valence-electron chi connectivity index (χ2n) is 6.24. The van der Waals surface area contributed by atoms with E-state index >= 15 is 0 Å². The molecule has 0 unspecified atom stereocenters. The Bertz CT molecular complexity index is 1150. The van der Waals surface area contributed by atoms with Gasteiger partial charge in [0.05, 0.1) is 18.0 Å². The van der Waals surface area contributed by atoms with Crippen LogP contribution >= 0.6 is 0 Å². The summed E-state index contributed by atoms with van der Waals surface area (Å²) in [5.41, 5.74) is -1.93. The highest BCUT2D eigenvalue weighted by Gasteiger charge is 2.48. The maximum Gasteiger partial charge on any atom is 0.534 e. The molecule has 32 heavy (non-hydrogen) atoms. The molecule has 13 heteroatoms. The van der Waals surface area contributed by atoms with Crippen molar-refractivity contribution in [2.75, 3.05) is 6.54 Å². The Labute approximate surface area is 180 Å². The number of halogens is 3. The Morgan fingerprint density at radius 1 is 1.03 bits per heavy atom. The van der Waals surface area contributed by atoms with E-state index < -0.39 is 27.6 Å². The van der Waals surface area contributed by atoms with Gasteiger partial charge in [0.1, 0.15) is 5.75 Å². The average molecular weight is 474 g/mol. The first kappa shape index (κ1) is 24.7. The first-order chi connectivity index (χ1) is 14.8. The van der Waals surface area contributed by atoms with Gasteiger partial charge in [-0.2, -0.15) is 21.6 Å². The molecule has 0 saturated heterocycles. The smallest absolute Gasteiger partial charge is 0.478 e. The SMILES string of the molecule is CC1=NCCn2c1ccc2-c1ccc(OS(=O)(=O)C(F)(F)F)cc1.O=C(O)C=CC(=O)O. The molecule has 0 bridgehead atoms. The standard InChI is InChI=1S/C15H13F3N2O3S.C4H4O4/c1-10-13-6-7-14(20(13)9-8-19-10)11-2-4-12(5-3-11)23-24(21,22)15(16,17)18;5-3(6)1-2-4(7)8/h2-7H,8-9H2,1H3;1-2H,(H,5,6)(H,7,8). The van der Waals surface area contributed by atoms with Gasteiger partial charge in [0.15, 0.2) is 0 Å². The van der Waals surface area contributed by atoms with Crippen molar-refractivity contribution in [2.45, 2.75) is 19.0 Å². The van der Waals surface area contributed by atoms with Gasteiger partial charge in [-0.15, -0.1) is 0 Å². The summed E-state index contributed by atoms with van der Waals surface area (Å²) in [6.07, 6.45) is 1.12. The van der Waals surface area contributed by atoms with Crippen molar-refractivity contribution in [1.82, 2.24) is 4.57 Å². The van der Waals surface area contributed by atoms with Crippen LogP contribution in [0.2, 0.25) is 0 Å². The number of alkyl halides is 3. The van der Waals surface area contributed by atoms with E-state index in [1.165, 1.54) is 24.3 Å². The zero-order valence-electron chi connectivity index (χ0n) is 16.4. The molecule has 1 aromatic heterocycles. The lowest BCUT2D eigenvalue weighted by molar-refractivity contribution is -0.134. The third kappa shape index (κ3) is 6.20. The van der Waals surface area contributed by atoms with E-state index in [2.05, 4.69) is 13.7 Å². The van der Waals surface area contributed by atoms with Gasteiger partial charge in [-0.1, -0.05) is 0 Å². The topological polar surface area (TPSA) is 135 Å². The second-order valence-corrected chi connectivity index (χ2v) is 7.78. The predicted octanol–water partition coefficient (Wildman–Crippen LogP) is 2.92. The quantitative estimate of drug-likeness (QED) is 0.386. The van der Waals surface area contributed by atoms with Crippen molar-refractivity contribution in [3.63, 3.8) is 0 Å². The largest absolute Gasteiger partial charge is 0.534 e. The summed E-state index contributed by atoms with van der Waals surface area (Å²) < 4.78 is 65.1. The van der Waals surface area contributed by atoms with Gasteiger partial charge in [-0.05, 0) is 48.9 Å². The van der Waals surface area contributed by atoms with Crippen LogP contribution in [-0.2, 0) is 26.3 Å². The van der Waals surface area contributed by atoms with Crippen molar-refractivity contribution < 1.29 is 45.6 Å². The predicted molar refractivity (Wildman–Crippen MR) is 107 cm³/mol. The molecule has 3 rings (SSSR count). The molecule has 9 nitrogen and oxygen atoms in total. The van der Waals surface area contributed by atoms with Crippen LogP contribution in [0.4, 0.5) is 13.2 Å². The Hall–Kier alpha value is -3.61. The number of hydrogen-bond donors (Lipinski definition) is 2. The van der Waals surface area contributed by atoms with Gasteiger partial charge < -0.3 is 19.0 Å². The fourth-order valence-electron chi connectivity index (χ4n) is 2.67. The minimum atomic E-state index is -5.66. The highest BCUT2D eigenvalue weighted by molar-refractivity contribution is 7.88. The molecule has 0 spiro atoms. The minimum Gasteiger partial charge on any atom is -0.478 e. The van der Waals surface area contributed by atoms with Crippen LogP contribution in [0.25, 0.3) is 11.3 Å². The third-order valence-corrected chi connectivity index (χ3v) is 5.01. The Balaban J connectivity index is 0.000000390. The van der Waals surface area contributed by atoms with E-state index in [-0.39, 0.29) is 5.75 Å². The van der Waals surface area contributed by atoms with Crippen molar-refractivity contribution in [3.05, 3.63) is 54.2 Å². The van der Waals surface area contributed by atoms with Crippen LogP contribution in [0.3, 0.4) is 0 Å². The van der Waals surface area contributed by atoms with Crippen LogP contribution in [0.1, 0.15) is 12.6 Å². The number of rotatable bonds is 5. The molecule has 2 N–H and O–H groups in total. The molecule has 0 atom stereocenters. The van der Waals surface area contributed by atoms with Crippen LogP contribution < -0.4 is 4.18 Å². The molecule has 1 aromatic carbocycles. The van der Waals surface area contributed by atoms with E-state index in [1.54, 1.807) is 0 Å². The van der Waals surface area contributed by atoms with Gasteiger partial charge >= 0.3 is 27.6 Å². The van der Waals surface area contributed by atoms with E-state index in [9.17, 15) is 31.2 Å². The van der Waals surface area contributed by atoms with Gasteiger partial charge in [0.25, 0.3) is 0 Å². The first-order valence-corrected chi connectivity index (χ1v) is 10.2. The van der Waals surface area contributed by atoms with Crippen molar-refractivity contribution in [1.29, 1.82) is 0 Å². The highest BCUT2D eigenvalue weighted by Crippen LogP contribution is 2.30. The van der Waals surface area contributed by atoms with Crippen LogP contribution in [0, 0.1) is 0 Å². The summed E-state index contributed by atoms with van der Waals surface area (Å²) in [5.74, 6) is -2.90. The molecular formula is C19H17F3N2O7S. The number of carbonyl (C=O) groups is 2. The number of aliphatic carboxylic acids is 2. The second kappa shape index (κ2) is 9.68. The summed E-state index contributed by atoms with van der Waals surface area (Å²) >= 11 is 0. The van der Waals surface area contributed by atoms with Gasteiger partial charge in [0.2, 0.25) is 0 Å².